The summed E-state index contributed by atoms with van der Waals surface area (Å²) in [4.78, 5) is 6.18. The van der Waals surface area contributed by atoms with Crippen LogP contribution in [0.15, 0.2) is 46.3 Å². The van der Waals surface area contributed by atoms with Gasteiger partial charge in [0, 0.05) is 16.0 Å². The second kappa shape index (κ2) is 7.00. The summed E-state index contributed by atoms with van der Waals surface area (Å²) in [6, 6.07) is 13.0. The number of alkyl halides is 1. The molecule has 0 N–H and O–H groups in total. The number of rotatable bonds is 3. The lowest BCUT2D eigenvalue weighted by Crippen LogP contribution is -2.11. The zero-order valence-corrected chi connectivity index (χ0v) is 17.4. The summed E-state index contributed by atoms with van der Waals surface area (Å²) >= 11 is 5.29. The van der Waals surface area contributed by atoms with Gasteiger partial charge < -0.3 is 0 Å². The quantitative estimate of drug-likeness (QED) is 0.443. The third kappa shape index (κ3) is 2.91. The molecule has 3 aromatic rings. The van der Waals surface area contributed by atoms with E-state index in [1.54, 1.807) is 11.8 Å². The second-order valence-corrected chi connectivity index (χ2v) is 7.81. The first-order valence-electron chi connectivity index (χ1n) is 8.42. The molecule has 2 aromatic carbocycles. The van der Waals surface area contributed by atoms with E-state index in [9.17, 15) is 0 Å². The molecule has 0 saturated heterocycles. The predicted octanol–water partition coefficient (Wildman–Crippen LogP) is 4.85. The number of aliphatic imine (C=N–C) groups is 1. The fourth-order valence-electron chi connectivity index (χ4n) is 3.47. The smallest absolute Gasteiger partial charge is 0.159 e. The standard InChI is InChI=1S/C20H19BrN4S/c1-12-8-13(2)20-16(9-12)19(14-4-6-15(26-3)7-5-14)22-11-18-24-23-17(10-21)25(18)20/h4-9H,10-11H2,1-3H3. The van der Waals surface area contributed by atoms with Crippen molar-refractivity contribution in [3.63, 3.8) is 0 Å². The molecule has 6 heteroatoms. The Kier molecular flexibility index (Phi) is 4.71. The van der Waals surface area contributed by atoms with E-state index in [1.807, 2.05) is 0 Å². The lowest BCUT2D eigenvalue weighted by Gasteiger charge is -2.17. The van der Waals surface area contributed by atoms with Crippen LogP contribution >= 0.6 is 27.7 Å². The van der Waals surface area contributed by atoms with Crippen LogP contribution < -0.4 is 0 Å². The molecular weight excluding hydrogens is 408 g/mol. The number of aromatic nitrogens is 3. The molecule has 132 valence electrons. The third-order valence-corrected chi connectivity index (χ3v) is 5.83. The van der Waals surface area contributed by atoms with Gasteiger partial charge >= 0.3 is 0 Å². The molecule has 0 radical (unpaired) electrons. The minimum absolute atomic E-state index is 0.521. The minimum Gasteiger partial charge on any atom is -0.280 e. The molecule has 26 heavy (non-hydrogen) atoms. The Bertz CT molecular complexity index is 1010. The molecule has 0 aliphatic carbocycles. The molecule has 0 saturated carbocycles. The fourth-order valence-corrected chi connectivity index (χ4v) is 4.24. The van der Waals surface area contributed by atoms with Crippen LogP contribution in [-0.4, -0.2) is 26.7 Å². The first-order valence-corrected chi connectivity index (χ1v) is 10.8. The molecule has 0 bridgehead atoms. The first kappa shape index (κ1) is 17.5. The molecule has 0 fully saturated rings. The van der Waals surface area contributed by atoms with Crippen LogP contribution in [0.4, 0.5) is 0 Å². The monoisotopic (exact) mass is 426 g/mol. The van der Waals surface area contributed by atoms with E-state index in [4.69, 9.17) is 4.99 Å². The van der Waals surface area contributed by atoms with Crippen LogP contribution in [-0.2, 0) is 11.9 Å². The molecular formula is C20H19BrN4S. The number of halogens is 1. The van der Waals surface area contributed by atoms with Gasteiger partial charge in [-0.15, -0.1) is 22.0 Å². The van der Waals surface area contributed by atoms with Crippen molar-refractivity contribution in [1.82, 2.24) is 14.8 Å². The van der Waals surface area contributed by atoms with E-state index >= 15 is 0 Å². The van der Waals surface area contributed by atoms with Gasteiger partial charge in [0.15, 0.2) is 5.82 Å². The second-order valence-electron chi connectivity index (χ2n) is 6.37. The zero-order valence-electron chi connectivity index (χ0n) is 15.0. The Morgan fingerprint density at radius 3 is 2.58 bits per heavy atom. The summed E-state index contributed by atoms with van der Waals surface area (Å²) in [6.45, 7) is 4.80. The van der Waals surface area contributed by atoms with Crippen molar-refractivity contribution in [3.05, 3.63) is 70.3 Å². The summed E-state index contributed by atoms with van der Waals surface area (Å²) in [5, 5.41) is 9.37. The molecule has 0 spiro atoms. The maximum Gasteiger partial charge on any atom is 0.159 e. The molecule has 1 aromatic heterocycles. The summed E-state index contributed by atoms with van der Waals surface area (Å²) in [5.41, 5.74) is 6.86. The normalized spacial score (nSPS) is 13.0. The van der Waals surface area contributed by atoms with Crippen molar-refractivity contribution in [3.8, 4) is 5.69 Å². The van der Waals surface area contributed by atoms with Gasteiger partial charge in [0.05, 0.1) is 16.7 Å². The van der Waals surface area contributed by atoms with Crippen LogP contribution in [0.25, 0.3) is 5.69 Å². The van der Waals surface area contributed by atoms with Crippen molar-refractivity contribution in [1.29, 1.82) is 0 Å². The van der Waals surface area contributed by atoms with Gasteiger partial charge in [-0.05, 0) is 43.9 Å². The molecule has 0 amide bonds. The summed E-state index contributed by atoms with van der Waals surface area (Å²) < 4.78 is 2.16. The van der Waals surface area contributed by atoms with Gasteiger partial charge in [-0.1, -0.05) is 39.7 Å². The van der Waals surface area contributed by atoms with Gasteiger partial charge in [0.2, 0.25) is 0 Å². The highest BCUT2D eigenvalue weighted by Gasteiger charge is 2.24. The van der Waals surface area contributed by atoms with Crippen molar-refractivity contribution in [2.24, 2.45) is 4.99 Å². The fraction of sp³-hybridized carbons (Fsp3) is 0.250. The van der Waals surface area contributed by atoms with Gasteiger partial charge in [-0.25, -0.2) is 0 Å². The Hall–Kier alpha value is -1.92. The van der Waals surface area contributed by atoms with Crippen molar-refractivity contribution >= 4 is 33.4 Å². The van der Waals surface area contributed by atoms with Crippen LogP contribution in [0.2, 0.25) is 0 Å². The maximum atomic E-state index is 4.93. The molecule has 4 nitrogen and oxygen atoms in total. The van der Waals surface area contributed by atoms with Crippen LogP contribution in [0.5, 0.6) is 0 Å². The Balaban J connectivity index is 1.97. The van der Waals surface area contributed by atoms with Gasteiger partial charge in [-0.3, -0.25) is 9.56 Å². The SMILES string of the molecule is CSc1ccc(C2=NCc3nnc(CBr)n3-c3c(C)cc(C)cc32)cc1. The highest BCUT2D eigenvalue weighted by molar-refractivity contribution is 9.08. The molecule has 1 aliphatic heterocycles. The topological polar surface area (TPSA) is 43.1 Å². The molecule has 1 aliphatic rings. The highest BCUT2D eigenvalue weighted by atomic mass is 79.9. The summed E-state index contributed by atoms with van der Waals surface area (Å²) in [5.74, 6) is 1.78. The van der Waals surface area contributed by atoms with Crippen LogP contribution in [0.3, 0.4) is 0 Å². The number of aryl methyl sites for hydroxylation is 2. The molecule has 0 atom stereocenters. The number of nitrogens with zero attached hydrogens (tertiary/aromatic N) is 4. The van der Waals surface area contributed by atoms with Gasteiger partial charge in [-0.2, -0.15) is 0 Å². The number of hydrogen-bond donors (Lipinski definition) is 0. The third-order valence-electron chi connectivity index (χ3n) is 4.58. The van der Waals surface area contributed by atoms with Crippen LogP contribution in [0, 0.1) is 13.8 Å². The number of fused-ring (bicyclic) bond motifs is 3. The number of hydrogen-bond acceptors (Lipinski definition) is 4. The van der Waals surface area contributed by atoms with Crippen molar-refractivity contribution in [2.45, 2.75) is 30.6 Å². The average Bonchev–Trinajstić information content (AvgIpc) is 2.97. The van der Waals surface area contributed by atoms with E-state index in [0.717, 1.165) is 34.2 Å². The Labute approximate surface area is 165 Å². The minimum atomic E-state index is 0.521. The van der Waals surface area contributed by atoms with E-state index < -0.39 is 0 Å². The summed E-state index contributed by atoms with van der Waals surface area (Å²) in [6.07, 6.45) is 2.09. The van der Waals surface area contributed by atoms with Crippen molar-refractivity contribution in [2.75, 3.05) is 6.26 Å². The number of thioether (sulfide) groups is 1. The van der Waals surface area contributed by atoms with Gasteiger partial charge in [0.25, 0.3) is 0 Å². The molecule has 4 rings (SSSR count). The van der Waals surface area contributed by atoms with E-state index in [0.29, 0.717) is 11.9 Å². The predicted molar refractivity (Wildman–Crippen MR) is 111 cm³/mol. The largest absolute Gasteiger partial charge is 0.280 e. The highest BCUT2D eigenvalue weighted by Crippen LogP contribution is 2.30. The summed E-state index contributed by atoms with van der Waals surface area (Å²) in [7, 11) is 0. The lowest BCUT2D eigenvalue weighted by atomic mass is 9.96. The zero-order chi connectivity index (χ0) is 18.3. The van der Waals surface area contributed by atoms with E-state index in [2.05, 4.69) is 87.2 Å². The molecule has 2 heterocycles. The first-order chi connectivity index (χ1) is 12.6. The molecule has 0 unspecified atom stereocenters. The lowest BCUT2D eigenvalue weighted by molar-refractivity contribution is 0.856. The Morgan fingerprint density at radius 1 is 1.12 bits per heavy atom. The number of benzene rings is 2. The van der Waals surface area contributed by atoms with E-state index in [1.165, 1.54) is 16.0 Å². The average molecular weight is 427 g/mol. The Morgan fingerprint density at radius 2 is 1.88 bits per heavy atom. The maximum absolute atomic E-state index is 4.93. The van der Waals surface area contributed by atoms with Gasteiger partial charge in [0.1, 0.15) is 12.4 Å². The van der Waals surface area contributed by atoms with Crippen LogP contribution in [0.1, 0.15) is 33.9 Å². The van der Waals surface area contributed by atoms with E-state index in [-0.39, 0.29) is 0 Å². The van der Waals surface area contributed by atoms with Crippen molar-refractivity contribution < 1.29 is 0 Å².